The van der Waals surface area contributed by atoms with Crippen LogP contribution in [0.25, 0.3) is 0 Å². The average molecular weight is 322 g/mol. The van der Waals surface area contributed by atoms with Crippen LogP contribution in [0, 0.1) is 0 Å². The molecule has 116 valence electrons. The Morgan fingerprint density at radius 2 is 1.80 bits per heavy atom. The maximum atomic E-state index is 11.8. The summed E-state index contributed by atoms with van der Waals surface area (Å²) in [7, 11) is 2.04. The fourth-order valence-corrected chi connectivity index (χ4v) is 1.54. The first-order chi connectivity index (χ1) is 8.52. The topological polar surface area (TPSA) is 58.4 Å². The van der Waals surface area contributed by atoms with Gasteiger partial charge in [0.2, 0.25) is 5.91 Å². The quantitative estimate of drug-likeness (QED) is 0.842. The average Bonchev–Trinajstić information content (AvgIpc) is 2.38. The van der Waals surface area contributed by atoms with Gasteiger partial charge in [-0.1, -0.05) is 30.3 Å². The summed E-state index contributed by atoms with van der Waals surface area (Å²) >= 11 is 0. The van der Waals surface area contributed by atoms with Gasteiger partial charge in [-0.05, 0) is 26.5 Å². The van der Waals surface area contributed by atoms with Crippen molar-refractivity contribution in [1.82, 2.24) is 10.2 Å². The number of nitrogens with zero attached hydrogens (tertiary/aromatic N) is 1. The van der Waals surface area contributed by atoms with Crippen LogP contribution < -0.4 is 11.1 Å². The summed E-state index contributed by atoms with van der Waals surface area (Å²) in [6.45, 7) is 5.69. The SMILES string of the molecule is CC(C)N(C)CCNC(=O)C(N)c1ccccc1.Cl.Cl. The number of carbonyl (C=O) groups is 1. The number of carbonyl (C=O) groups excluding carboxylic acids is 1. The van der Waals surface area contributed by atoms with E-state index in [2.05, 4.69) is 24.1 Å². The summed E-state index contributed by atoms with van der Waals surface area (Å²) < 4.78 is 0. The molecule has 1 unspecified atom stereocenters. The summed E-state index contributed by atoms with van der Waals surface area (Å²) in [4.78, 5) is 14.0. The minimum absolute atomic E-state index is 0. The predicted molar refractivity (Wildman–Crippen MR) is 88.6 cm³/mol. The van der Waals surface area contributed by atoms with Crippen molar-refractivity contribution < 1.29 is 4.79 Å². The van der Waals surface area contributed by atoms with Gasteiger partial charge >= 0.3 is 0 Å². The van der Waals surface area contributed by atoms with Crippen LogP contribution in [-0.4, -0.2) is 37.0 Å². The van der Waals surface area contributed by atoms with Gasteiger partial charge in [0.05, 0.1) is 0 Å². The van der Waals surface area contributed by atoms with Crippen molar-refractivity contribution in [3.63, 3.8) is 0 Å². The van der Waals surface area contributed by atoms with Gasteiger partial charge in [-0.15, -0.1) is 24.8 Å². The molecule has 0 spiro atoms. The van der Waals surface area contributed by atoms with Crippen LogP contribution in [-0.2, 0) is 4.79 Å². The summed E-state index contributed by atoms with van der Waals surface area (Å²) in [5.74, 6) is -0.127. The van der Waals surface area contributed by atoms with E-state index < -0.39 is 6.04 Å². The number of rotatable bonds is 6. The Labute approximate surface area is 133 Å². The molecule has 1 aromatic carbocycles. The highest BCUT2D eigenvalue weighted by Crippen LogP contribution is 2.08. The third-order valence-electron chi connectivity index (χ3n) is 3.09. The minimum atomic E-state index is -0.587. The minimum Gasteiger partial charge on any atom is -0.353 e. The molecule has 1 amide bonds. The lowest BCUT2D eigenvalue weighted by Gasteiger charge is -2.21. The molecular weight excluding hydrogens is 297 g/mol. The first-order valence-corrected chi connectivity index (χ1v) is 6.31. The number of hydrogen-bond acceptors (Lipinski definition) is 3. The van der Waals surface area contributed by atoms with Crippen molar-refractivity contribution in [3.05, 3.63) is 35.9 Å². The molecule has 4 nitrogen and oxygen atoms in total. The molecule has 0 radical (unpaired) electrons. The largest absolute Gasteiger partial charge is 0.353 e. The molecule has 3 N–H and O–H groups in total. The second-order valence-corrected chi connectivity index (χ2v) is 4.75. The Hall–Kier alpha value is -0.810. The van der Waals surface area contributed by atoms with Crippen LogP contribution in [0.15, 0.2) is 30.3 Å². The van der Waals surface area contributed by atoms with E-state index in [-0.39, 0.29) is 30.7 Å². The van der Waals surface area contributed by atoms with Gasteiger partial charge in [0.15, 0.2) is 0 Å². The maximum absolute atomic E-state index is 11.8. The highest BCUT2D eigenvalue weighted by molar-refractivity contribution is 5.85. The fraction of sp³-hybridized carbons (Fsp3) is 0.500. The van der Waals surface area contributed by atoms with Gasteiger partial charge in [-0.2, -0.15) is 0 Å². The van der Waals surface area contributed by atoms with Crippen molar-refractivity contribution in [3.8, 4) is 0 Å². The van der Waals surface area contributed by atoms with Gasteiger partial charge in [0.25, 0.3) is 0 Å². The monoisotopic (exact) mass is 321 g/mol. The first-order valence-electron chi connectivity index (χ1n) is 6.31. The van der Waals surface area contributed by atoms with Gasteiger partial charge in [0, 0.05) is 19.1 Å². The zero-order chi connectivity index (χ0) is 13.5. The highest BCUT2D eigenvalue weighted by Gasteiger charge is 2.14. The van der Waals surface area contributed by atoms with E-state index in [0.717, 1.165) is 12.1 Å². The van der Waals surface area contributed by atoms with Gasteiger partial charge < -0.3 is 16.0 Å². The Morgan fingerprint density at radius 3 is 2.30 bits per heavy atom. The lowest BCUT2D eigenvalue weighted by molar-refractivity contribution is -0.122. The second-order valence-electron chi connectivity index (χ2n) is 4.75. The molecule has 0 aromatic heterocycles. The molecule has 0 fully saturated rings. The van der Waals surface area contributed by atoms with Crippen molar-refractivity contribution in [2.45, 2.75) is 25.9 Å². The van der Waals surface area contributed by atoms with E-state index in [4.69, 9.17) is 5.73 Å². The zero-order valence-corrected chi connectivity index (χ0v) is 13.8. The summed E-state index contributed by atoms with van der Waals surface area (Å²) in [6.07, 6.45) is 0. The zero-order valence-electron chi connectivity index (χ0n) is 12.2. The van der Waals surface area contributed by atoms with Crippen LogP contribution in [0.3, 0.4) is 0 Å². The predicted octanol–water partition coefficient (Wildman–Crippen LogP) is 1.99. The summed E-state index contributed by atoms with van der Waals surface area (Å²) in [6, 6.07) is 9.30. The Balaban J connectivity index is 0. The molecule has 1 rings (SSSR count). The van der Waals surface area contributed by atoms with Crippen LogP contribution in [0.5, 0.6) is 0 Å². The molecule has 0 saturated heterocycles. The number of nitrogens with one attached hydrogen (secondary N) is 1. The number of benzene rings is 1. The molecule has 6 heteroatoms. The number of amides is 1. The summed E-state index contributed by atoms with van der Waals surface area (Å²) in [5.41, 5.74) is 6.73. The molecule has 0 bridgehead atoms. The number of hydrogen-bond donors (Lipinski definition) is 2. The fourth-order valence-electron chi connectivity index (χ4n) is 1.54. The Bertz CT molecular complexity index is 374. The molecule has 20 heavy (non-hydrogen) atoms. The standard InChI is InChI=1S/C14H23N3O.2ClH/c1-11(2)17(3)10-9-16-14(18)13(15)12-7-5-4-6-8-12;;/h4-8,11,13H,9-10,15H2,1-3H3,(H,16,18);2*1H. The number of likely N-dealkylation sites (N-methyl/N-ethyl adjacent to an activating group) is 1. The van der Waals surface area contributed by atoms with E-state index in [1.54, 1.807) is 0 Å². The molecule has 1 aromatic rings. The van der Waals surface area contributed by atoms with E-state index in [1.807, 2.05) is 37.4 Å². The third kappa shape index (κ3) is 7.10. The van der Waals surface area contributed by atoms with E-state index in [1.165, 1.54) is 0 Å². The third-order valence-corrected chi connectivity index (χ3v) is 3.09. The van der Waals surface area contributed by atoms with E-state index in [0.29, 0.717) is 12.6 Å². The van der Waals surface area contributed by atoms with Gasteiger partial charge in [-0.3, -0.25) is 4.79 Å². The van der Waals surface area contributed by atoms with Crippen LogP contribution in [0.1, 0.15) is 25.5 Å². The first kappa shape index (κ1) is 21.5. The Kier molecular flexibility index (Phi) is 11.7. The van der Waals surface area contributed by atoms with Crippen molar-refractivity contribution in [2.24, 2.45) is 5.73 Å². The molecule has 1 atom stereocenters. The van der Waals surface area contributed by atoms with Gasteiger partial charge in [0.1, 0.15) is 6.04 Å². The van der Waals surface area contributed by atoms with Gasteiger partial charge in [-0.25, -0.2) is 0 Å². The molecule has 0 heterocycles. The molecule has 0 aliphatic heterocycles. The Morgan fingerprint density at radius 1 is 1.25 bits per heavy atom. The second kappa shape index (κ2) is 10.9. The van der Waals surface area contributed by atoms with Crippen molar-refractivity contribution in [1.29, 1.82) is 0 Å². The smallest absolute Gasteiger partial charge is 0.241 e. The lowest BCUT2D eigenvalue weighted by Crippen LogP contribution is -2.39. The molecule has 0 aliphatic rings. The number of nitrogens with two attached hydrogens (primary N) is 1. The molecular formula is C14H25Cl2N3O. The van der Waals surface area contributed by atoms with Crippen LogP contribution in [0.4, 0.5) is 0 Å². The maximum Gasteiger partial charge on any atom is 0.241 e. The lowest BCUT2D eigenvalue weighted by atomic mass is 10.1. The highest BCUT2D eigenvalue weighted by atomic mass is 35.5. The summed E-state index contributed by atoms with van der Waals surface area (Å²) in [5, 5.41) is 2.86. The van der Waals surface area contributed by atoms with E-state index in [9.17, 15) is 4.79 Å². The van der Waals surface area contributed by atoms with Crippen molar-refractivity contribution >= 4 is 30.7 Å². The normalized spacial score (nSPS) is 11.5. The number of halogens is 2. The molecule has 0 aliphatic carbocycles. The van der Waals surface area contributed by atoms with Crippen LogP contribution >= 0.6 is 24.8 Å². The van der Waals surface area contributed by atoms with Crippen LogP contribution in [0.2, 0.25) is 0 Å². The van der Waals surface area contributed by atoms with Crippen molar-refractivity contribution in [2.75, 3.05) is 20.1 Å². The van der Waals surface area contributed by atoms with E-state index >= 15 is 0 Å². The molecule has 0 saturated carbocycles.